The standard InChI is InChI=1S/C13H23N5O3/c1-5-6-15-13-16-10(4)11(18(19)20)12(17-13)14-7-8-21-9(2)3/h9H,5-8H2,1-4H3,(H2,14,15,16,17). The van der Waals surface area contributed by atoms with Crippen LogP contribution < -0.4 is 10.6 Å². The Hall–Kier alpha value is -1.96. The van der Waals surface area contributed by atoms with Crippen LogP contribution in [0.15, 0.2) is 0 Å². The highest BCUT2D eigenvalue weighted by atomic mass is 16.6. The summed E-state index contributed by atoms with van der Waals surface area (Å²) in [7, 11) is 0. The lowest BCUT2D eigenvalue weighted by Gasteiger charge is -2.11. The highest BCUT2D eigenvalue weighted by Crippen LogP contribution is 2.26. The first kappa shape index (κ1) is 17.1. The fourth-order valence-electron chi connectivity index (χ4n) is 1.69. The summed E-state index contributed by atoms with van der Waals surface area (Å²) in [6.07, 6.45) is 1.04. The molecule has 1 aromatic rings. The van der Waals surface area contributed by atoms with Crippen molar-refractivity contribution >= 4 is 17.5 Å². The highest BCUT2D eigenvalue weighted by Gasteiger charge is 2.21. The highest BCUT2D eigenvalue weighted by molar-refractivity contribution is 5.60. The summed E-state index contributed by atoms with van der Waals surface area (Å²) in [5, 5.41) is 17.1. The quantitative estimate of drug-likeness (QED) is 0.409. The van der Waals surface area contributed by atoms with Gasteiger partial charge < -0.3 is 15.4 Å². The van der Waals surface area contributed by atoms with Gasteiger partial charge in [-0.05, 0) is 27.2 Å². The summed E-state index contributed by atoms with van der Waals surface area (Å²) >= 11 is 0. The molecule has 1 aromatic heterocycles. The van der Waals surface area contributed by atoms with Gasteiger partial charge in [-0.15, -0.1) is 0 Å². The average molecular weight is 297 g/mol. The molecule has 0 atom stereocenters. The van der Waals surface area contributed by atoms with Gasteiger partial charge in [0.25, 0.3) is 0 Å². The summed E-state index contributed by atoms with van der Waals surface area (Å²) < 4.78 is 5.40. The molecule has 21 heavy (non-hydrogen) atoms. The van der Waals surface area contributed by atoms with Gasteiger partial charge >= 0.3 is 5.69 Å². The number of hydrogen-bond donors (Lipinski definition) is 2. The topological polar surface area (TPSA) is 102 Å². The second kappa shape index (κ2) is 8.35. The number of nitrogens with zero attached hydrogens (tertiary/aromatic N) is 3. The Labute approximate surface area is 124 Å². The maximum Gasteiger partial charge on any atom is 0.332 e. The molecular weight excluding hydrogens is 274 g/mol. The van der Waals surface area contributed by atoms with Crippen molar-refractivity contribution in [3.05, 3.63) is 15.8 Å². The first-order valence-corrected chi connectivity index (χ1v) is 7.08. The SMILES string of the molecule is CCCNc1nc(C)c([N+](=O)[O-])c(NCCOC(C)C)n1. The van der Waals surface area contributed by atoms with Crippen molar-refractivity contribution in [3.63, 3.8) is 0 Å². The van der Waals surface area contributed by atoms with Crippen LogP contribution in [-0.4, -0.2) is 40.7 Å². The molecule has 0 aliphatic carbocycles. The Bertz CT molecular complexity index is 479. The van der Waals surface area contributed by atoms with Crippen molar-refractivity contribution in [2.75, 3.05) is 30.3 Å². The Morgan fingerprint density at radius 3 is 2.57 bits per heavy atom. The maximum absolute atomic E-state index is 11.1. The van der Waals surface area contributed by atoms with Gasteiger partial charge in [0.1, 0.15) is 5.69 Å². The molecule has 0 saturated carbocycles. The molecule has 8 heteroatoms. The van der Waals surface area contributed by atoms with E-state index in [1.54, 1.807) is 6.92 Å². The largest absolute Gasteiger partial charge is 0.377 e. The van der Waals surface area contributed by atoms with E-state index in [2.05, 4.69) is 20.6 Å². The third kappa shape index (κ3) is 5.50. The predicted octanol–water partition coefficient (Wildman–Crippen LogP) is 2.35. The van der Waals surface area contributed by atoms with Gasteiger partial charge in [0.15, 0.2) is 0 Å². The summed E-state index contributed by atoms with van der Waals surface area (Å²) in [6.45, 7) is 9.11. The Balaban J connectivity index is 2.85. The lowest BCUT2D eigenvalue weighted by molar-refractivity contribution is -0.385. The molecule has 0 aliphatic heterocycles. The minimum Gasteiger partial charge on any atom is -0.377 e. The number of aromatic nitrogens is 2. The number of hydrogen-bond acceptors (Lipinski definition) is 7. The van der Waals surface area contributed by atoms with E-state index in [0.29, 0.717) is 31.3 Å². The van der Waals surface area contributed by atoms with Crippen molar-refractivity contribution in [2.24, 2.45) is 0 Å². The molecule has 0 saturated heterocycles. The smallest absolute Gasteiger partial charge is 0.332 e. The molecule has 118 valence electrons. The Morgan fingerprint density at radius 1 is 1.29 bits per heavy atom. The van der Waals surface area contributed by atoms with Crippen molar-refractivity contribution in [1.29, 1.82) is 0 Å². The third-order valence-electron chi connectivity index (χ3n) is 2.62. The third-order valence-corrected chi connectivity index (χ3v) is 2.62. The summed E-state index contributed by atoms with van der Waals surface area (Å²) in [6, 6.07) is 0. The lowest BCUT2D eigenvalue weighted by atomic mass is 10.3. The van der Waals surface area contributed by atoms with E-state index < -0.39 is 4.92 Å². The van der Waals surface area contributed by atoms with E-state index >= 15 is 0 Å². The van der Waals surface area contributed by atoms with Crippen molar-refractivity contribution < 1.29 is 9.66 Å². The average Bonchev–Trinajstić information content (AvgIpc) is 2.40. The van der Waals surface area contributed by atoms with Gasteiger partial charge in [-0.2, -0.15) is 4.98 Å². The molecular formula is C13H23N5O3. The molecule has 1 rings (SSSR count). The van der Waals surface area contributed by atoms with E-state index in [4.69, 9.17) is 4.74 Å². The van der Waals surface area contributed by atoms with Crippen LogP contribution in [-0.2, 0) is 4.74 Å². The van der Waals surface area contributed by atoms with Crippen LogP contribution in [0.5, 0.6) is 0 Å². The van der Waals surface area contributed by atoms with Gasteiger partial charge in [-0.3, -0.25) is 10.1 Å². The monoisotopic (exact) mass is 297 g/mol. The second-order valence-corrected chi connectivity index (χ2v) is 4.86. The molecule has 0 aromatic carbocycles. The number of aryl methyl sites for hydroxylation is 1. The first-order chi connectivity index (χ1) is 9.95. The molecule has 0 aliphatic rings. The Morgan fingerprint density at radius 2 is 2.00 bits per heavy atom. The summed E-state index contributed by atoms with van der Waals surface area (Å²) in [5.41, 5.74) is 0.238. The van der Waals surface area contributed by atoms with Gasteiger partial charge in [-0.1, -0.05) is 6.92 Å². The van der Waals surface area contributed by atoms with E-state index in [-0.39, 0.29) is 17.6 Å². The number of ether oxygens (including phenoxy) is 1. The fourth-order valence-corrected chi connectivity index (χ4v) is 1.69. The summed E-state index contributed by atoms with van der Waals surface area (Å²) in [4.78, 5) is 19.0. The molecule has 0 bridgehead atoms. The van der Waals surface area contributed by atoms with Crippen molar-refractivity contribution in [2.45, 2.75) is 40.2 Å². The molecule has 0 fully saturated rings. The normalized spacial score (nSPS) is 10.7. The van der Waals surface area contributed by atoms with Crippen LogP contribution in [0, 0.1) is 17.0 Å². The first-order valence-electron chi connectivity index (χ1n) is 7.08. The van der Waals surface area contributed by atoms with E-state index in [1.165, 1.54) is 0 Å². The number of anilines is 2. The second-order valence-electron chi connectivity index (χ2n) is 4.86. The van der Waals surface area contributed by atoms with Crippen LogP contribution >= 0.6 is 0 Å². The van der Waals surface area contributed by atoms with Gasteiger partial charge in [0.05, 0.1) is 17.6 Å². The number of rotatable bonds is 9. The van der Waals surface area contributed by atoms with Crippen LogP contribution in [0.1, 0.15) is 32.9 Å². The fraction of sp³-hybridized carbons (Fsp3) is 0.692. The van der Waals surface area contributed by atoms with Gasteiger partial charge in [-0.25, -0.2) is 4.98 Å². The zero-order valence-corrected chi connectivity index (χ0v) is 13.0. The van der Waals surface area contributed by atoms with E-state index in [9.17, 15) is 10.1 Å². The molecule has 2 N–H and O–H groups in total. The van der Waals surface area contributed by atoms with Gasteiger partial charge in [0.2, 0.25) is 11.8 Å². The van der Waals surface area contributed by atoms with Gasteiger partial charge in [0, 0.05) is 13.1 Å². The molecule has 1 heterocycles. The summed E-state index contributed by atoms with van der Waals surface area (Å²) in [5.74, 6) is 0.616. The van der Waals surface area contributed by atoms with E-state index in [0.717, 1.165) is 6.42 Å². The maximum atomic E-state index is 11.1. The predicted molar refractivity (Wildman–Crippen MR) is 81.8 cm³/mol. The molecule has 8 nitrogen and oxygen atoms in total. The van der Waals surface area contributed by atoms with Crippen molar-refractivity contribution in [1.82, 2.24) is 9.97 Å². The number of nitrogens with one attached hydrogen (secondary N) is 2. The number of nitro groups is 1. The van der Waals surface area contributed by atoms with Crippen molar-refractivity contribution in [3.8, 4) is 0 Å². The lowest BCUT2D eigenvalue weighted by Crippen LogP contribution is -2.16. The molecule has 0 unspecified atom stereocenters. The van der Waals surface area contributed by atoms with Crippen LogP contribution in [0.2, 0.25) is 0 Å². The molecule has 0 spiro atoms. The van der Waals surface area contributed by atoms with E-state index in [1.807, 2.05) is 20.8 Å². The van der Waals surface area contributed by atoms with Crippen LogP contribution in [0.25, 0.3) is 0 Å². The van der Waals surface area contributed by atoms with Crippen LogP contribution in [0.4, 0.5) is 17.5 Å². The zero-order chi connectivity index (χ0) is 15.8. The van der Waals surface area contributed by atoms with Crippen LogP contribution in [0.3, 0.4) is 0 Å². The minimum absolute atomic E-state index is 0.0957. The minimum atomic E-state index is -0.468. The zero-order valence-electron chi connectivity index (χ0n) is 13.0. The Kier molecular flexibility index (Phi) is 6.80. The molecule has 0 radical (unpaired) electrons. The molecule has 0 amide bonds.